The molecule has 6 heteroatoms. The Labute approximate surface area is 127 Å². The van der Waals surface area contributed by atoms with Crippen LogP contribution in [-0.4, -0.2) is 22.1 Å². The maximum absolute atomic E-state index is 11.9. The highest BCUT2D eigenvalue weighted by atomic mass is 16.5. The van der Waals surface area contributed by atoms with Crippen LogP contribution in [0.2, 0.25) is 0 Å². The summed E-state index contributed by atoms with van der Waals surface area (Å²) in [4.78, 5) is 15.9. The van der Waals surface area contributed by atoms with Crippen LogP contribution in [-0.2, 0) is 0 Å². The third-order valence-corrected chi connectivity index (χ3v) is 3.20. The van der Waals surface area contributed by atoms with Crippen molar-refractivity contribution in [1.82, 2.24) is 14.9 Å². The number of aromatic nitrogens is 2. The second-order valence-electron chi connectivity index (χ2n) is 4.76. The number of hydrogen-bond acceptors (Lipinski definition) is 4. The summed E-state index contributed by atoms with van der Waals surface area (Å²) in [6.07, 6.45) is 3.33. The van der Waals surface area contributed by atoms with Gasteiger partial charge in [-0.05, 0) is 37.3 Å². The van der Waals surface area contributed by atoms with Crippen LogP contribution in [0.25, 0.3) is 10.9 Å². The molecule has 0 saturated heterocycles. The Morgan fingerprint density at radius 1 is 1.27 bits per heavy atom. The van der Waals surface area contributed by atoms with Crippen molar-refractivity contribution in [3.63, 3.8) is 0 Å². The molecule has 0 radical (unpaired) electrons. The predicted octanol–water partition coefficient (Wildman–Crippen LogP) is 2.99. The Morgan fingerprint density at radius 2 is 2.09 bits per heavy atom. The molecule has 0 fully saturated rings. The number of pyridine rings is 1. The van der Waals surface area contributed by atoms with Crippen LogP contribution in [0.3, 0.4) is 0 Å². The summed E-state index contributed by atoms with van der Waals surface area (Å²) < 4.78 is 7.33. The van der Waals surface area contributed by atoms with Crippen LogP contribution in [0, 0.1) is 0 Å². The first kappa shape index (κ1) is 13.9. The number of rotatable bonds is 3. The molecule has 3 aromatic rings. The molecule has 112 valence electrons. The smallest absolute Gasteiger partial charge is 0.326 e. The van der Waals surface area contributed by atoms with Crippen molar-refractivity contribution in [3.05, 3.63) is 48.8 Å². The standard InChI is InChI=1S/C16H16N4O2/c1-2-18-16(21)20-8-6-11-9-12(3-4-14(11)20)22-13-5-7-19-15(17)10-13/h3-10H,2H2,1H3,(H2,17,19)(H,18,21). The van der Waals surface area contributed by atoms with Gasteiger partial charge in [0.15, 0.2) is 0 Å². The number of carbonyl (C=O) groups excluding carboxylic acids is 1. The molecular weight excluding hydrogens is 280 g/mol. The van der Waals surface area contributed by atoms with Crippen LogP contribution in [0.4, 0.5) is 10.6 Å². The minimum absolute atomic E-state index is 0.145. The van der Waals surface area contributed by atoms with Gasteiger partial charge in [-0.3, -0.25) is 4.57 Å². The zero-order valence-electron chi connectivity index (χ0n) is 12.1. The number of carbonyl (C=O) groups is 1. The number of anilines is 1. The minimum atomic E-state index is -0.145. The van der Waals surface area contributed by atoms with Gasteiger partial charge in [-0.15, -0.1) is 0 Å². The average molecular weight is 296 g/mol. The van der Waals surface area contributed by atoms with E-state index in [-0.39, 0.29) is 6.03 Å². The fourth-order valence-corrected chi connectivity index (χ4v) is 2.23. The number of nitrogens with one attached hydrogen (secondary N) is 1. The molecule has 0 unspecified atom stereocenters. The fraction of sp³-hybridized carbons (Fsp3) is 0.125. The van der Waals surface area contributed by atoms with Gasteiger partial charge in [-0.25, -0.2) is 9.78 Å². The average Bonchev–Trinajstić information content (AvgIpc) is 2.90. The molecule has 1 amide bonds. The number of amides is 1. The van der Waals surface area contributed by atoms with E-state index in [2.05, 4.69) is 10.3 Å². The Morgan fingerprint density at radius 3 is 2.86 bits per heavy atom. The molecule has 0 saturated carbocycles. The molecule has 6 nitrogen and oxygen atoms in total. The van der Waals surface area contributed by atoms with E-state index in [4.69, 9.17) is 10.5 Å². The van der Waals surface area contributed by atoms with Crippen LogP contribution in [0.15, 0.2) is 48.8 Å². The van der Waals surface area contributed by atoms with Gasteiger partial charge in [0.1, 0.15) is 17.3 Å². The van der Waals surface area contributed by atoms with Gasteiger partial charge in [0.2, 0.25) is 0 Å². The molecule has 0 aliphatic carbocycles. The number of benzene rings is 1. The topological polar surface area (TPSA) is 82.2 Å². The van der Waals surface area contributed by atoms with E-state index in [1.165, 1.54) is 0 Å². The monoisotopic (exact) mass is 296 g/mol. The highest BCUT2D eigenvalue weighted by molar-refractivity contribution is 5.92. The van der Waals surface area contributed by atoms with Crippen LogP contribution >= 0.6 is 0 Å². The zero-order valence-corrected chi connectivity index (χ0v) is 12.1. The van der Waals surface area contributed by atoms with E-state index in [1.54, 1.807) is 29.1 Å². The summed E-state index contributed by atoms with van der Waals surface area (Å²) in [7, 11) is 0. The molecular formula is C16H16N4O2. The summed E-state index contributed by atoms with van der Waals surface area (Å²) >= 11 is 0. The third kappa shape index (κ3) is 2.71. The van der Waals surface area contributed by atoms with E-state index >= 15 is 0 Å². The second-order valence-corrected chi connectivity index (χ2v) is 4.76. The quantitative estimate of drug-likeness (QED) is 0.778. The Bertz CT molecular complexity index is 826. The molecule has 2 heterocycles. The molecule has 1 aromatic carbocycles. The van der Waals surface area contributed by atoms with Crippen molar-refractivity contribution >= 4 is 22.8 Å². The molecule has 3 rings (SSSR count). The SMILES string of the molecule is CCNC(=O)n1ccc2cc(Oc3ccnc(N)c3)ccc21. The van der Waals surface area contributed by atoms with Gasteiger partial charge in [0.25, 0.3) is 0 Å². The first-order valence-electron chi connectivity index (χ1n) is 6.96. The highest BCUT2D eigenvalue weighted by Gasteiger charge is 2.09. The molecule has 0 bridgehead atoms. The van der Waals surface area contributed by atoms with Crippen LogP contribution in [0.5, 0.6) is 11.5 Å². The molecule has 22 heavy (non-hydrogen) atoms. The number of hydrogen-bond donors (Lipinski definition) is 2. The molecule has 0 atom stereocenters. The Hall–Kier alpha value is -3.02. The van der Waals surface area contributed by atoms with Gasteiger partial charge >= 0.3 is 6.03 Å². The lowest BCUT2D eigenvalue weighted by Crippen LogP contribution is -2.27. The van der Waals surface area contributed by atoms with Gasteiger partial charge in [-0.1, -0.05) is 0 Å². The maximum Gasteiger partial charge on any atom is 0.326 e. The third-order valence-electron chi connectivity index (χ3n) is 3.20. The van der Waals surface area contributed by atoms with Gasteiger partial charge in [0.05, 0.1) is 5.52 Å². The van der Waals surface area contributed by atoms with Crippen molar-refractivity contribution in [1.29, 1.82) is 0 Å². The summed E-state index contributed by atoms with van der Waals surface area (Å²) in [6.45, 7) is 2.47. The van der Waals surface area contributed by atoms with Crippen molar-refractivity contribution < 1.29 is 9.53 Å². The van der Waals surface area contributed by atoms with E-state index in [0.717, 1.165) is 10.9 Å². The summed E-state index contributed by atoms with van der Waals surface area (Å²) in [5.74, 6) is 1.70. The van der Waals surface area contributed by atoms with E-state index in [9.17, 15) is 4.79 Å². The lowest BCUT2D eigenvalue weighted by atomic mass is 10.2. The predicted molar refractivity (Wildman–Crippen MR) is 85.1 cm³/mol. The van der Waals surface area contributed by atoms with E-state index in [0.29, 0.717) is 23.9 Å². The second kappa shape index (κ2) is 5.77. The summed E-state index contributed by atoms with van der Waals surface area (Å²) in [5.41, 5.74) is 6.46. The number of nitrogen functional groups attached to an aromatic ring is 1. The number of ether oxygens (including phenoxy) is 1. The summed E-state index contributed by atoms with van der Waals surface area (Å²) in [6, 6.07) is 10.7. The van der Waals surface area contributed by atoms with Gasteiger partial charge in [0, 0.05) is 30.4 Å². The number of nitrogens with two attached hydrogens (primary N) is 1. The van der Waals surface area contributed by atoms with Crippen molar-refractivity contribution in [2.24, 2.45) is 0 Å². The largest absolute Gasteiger partial charge is 0.457 e. The number of fused-ring (bicyclic) bond motifs is 1. The lowest BCUT2D eigenvalue weighted by molar-refractivity contribution is 0.244. The van der Waals surface area contributed by atoms with E-state index in [1.807, 2.05) is 31.2 Å². The maximum atomic E-state index is 11.9. The van der Waals surface area contributed by atoms with Crippen LogP contribution in [0.1, 0.15) is 6.92 Å². The Balaban J connectivity index is 1.89. The molecule has 0 aliphatic heterocycles. The highest BCUT2D eigenvalue weighted by Crippen LogP contribution is 2.26. The molecule has 0 spiro atoms. The van der Waals surface area contributed by atoms with Gasteiger partial charge < -0.3 is 15.8 Å². The normalized spacial score (nSPS) is 10.6. The first-order chi connectivity index (χ1) is 10.7. The van der Waals surface area contributed by atoms with Crippen molar-refractivity contribution in [2.75, 3.05) is 12.3 Å². The zero-order chi connectivity index (χ0) is 15.5. The number of nitrogens with zero attached hydrogens (tertiary/aromatic N) is 2. The first-order valence-corrected chi connectivity index (χ1v) is 6.96. The van der Waals surface area contributed by atoms with Crippen LogP contribution < -0.4 is 15.8 Å². The molecule has 3 N–H and O–H groups in total. The van der Waals surface area contributed by atoms with Gasteiger partial charge in [-0.2, -0.15) is 0 Å². The molecule has 0 aliphatic rings. The molecule has 2 aromatic heterocycles. The fourth-order valence-electron chi connectivity index (χ4n) is 2.23. The van der Waals surface area contributed by atoms with Crippen molar-refractivity contribution in [3.8, 4) is 11.5 Å². The summed E-state index contributed by atoms with van der Waals surface area (Å²) in [5, 5.41) is 3.69. The van der Waals surface area contributed by atoms with E-state index < -0.39 is 0 Å². The van der Waals surface area contributed by atoms with Crippen molar-refractivity contribution in [2.45, 2.75) is 6.92 Å². The Kier molecular flexibility index (Phi) is 3.65. The lowest BCUT2D eigenvalue weighted by Gasteiger charge is -2.07. The minimum Gasteiger partial charge on any atom is -0.457 e.